The molecular weight excluding hydrogens is 420 g/mol. The van der Waals surface area contributed by atoms with E-state index in [-0.39, 0.29) is 31.2 Å². The van der Waals surface area contributed by atoms with Crippen molar-refractivity contribution >= 4 is 11.8 Å². The highest BCUT2D eigenvalue weighted by Crippen LogP contribution is 2.33. The summed E-state index contributed by atoms with van der Waals surface area (Å²) in [6.45, 7) is 0.961. The van der Waals surface area contributed by atoms with Gasteiger partial charge >= 0.3 is 0 Å². The van der Waals surface area contributed by atoms with Crippen LogP contribution >= 0.6 is 0 Å². The van der Waals surface area contributed by atoms with Crippen LogP contribution < -0.4 is 9.47 Å². The summed E-state index contributed by atoms with van der Waals surface area (Å²) >= 11 is 0. The first kappa shape index (κ1) is 21.1. The van der Waals surface area contributed by atoms with Gasteiger partial charge in [-0.25, -0.2) is 0 Å². The first-order chi connectivity index (χ1) is 16.2. The Morgan fingerprint density at radius 3 is 2.42 bits per heavy atom. The Balaban J connectivity index is 1.31. The minimum Gasteiger partial charge on any atom is -0.467 e. The minimum atomic E-state index is -0.114. The summed E-state index contributed by atoms with van der Waals surface area (Å²) in [6, 6.07) is 19.1. The second-order valence-corrected chi connectivity index (χ2v) is 8.43. The molecule has 3 aromatic rings. The van der Waals surface area contributed by atoms with Crippen LogP contribution in [0.5, 0.6) is 11.5 Å². The Kier molecular flexibility index (Phi) is 6.02. The summed E-state index contributed by atoms with van der Waals surface area (Å²) in [5, 5.41) is 0. The van der Waals surface area contributed by atoms with Crippen molar-refractivity contribution in [3.05, 3.63) is 83.8 Å². The van der Waals surface area contributed by atoms with Gasteiger partial charge in [-0.15, -0.1) is 0 Å². The van der Waals surface area contributed by atoms with Gasteiger partial charge in [-0.3, -0.25) is 9.59 Å². The molecule has 5 rings (SSSR count). The fourth-order valence-electron chi connectivity index (χ4n) is 4.01. The number of carbonyl (C=O) groups is 2. The van der Waals surface area contributed by atoms with Gasteiger partial charge in [0.2, 0.25) is 18.6 Å². The molecule has 2 aromatic carbocycles. The zero-order valence-electron chi connectivity index (χ0n) is 18.3. The average Bonchev–Trinajstić information content (AvgIpc) is 3.32. The molecule has 7 nitrogen and oxygen atoms in total. The second kappa shape index (κ2) is 9.40. The highest BCUT2D eigenvalue weighted by atomic mass is 16.7. The van der Waals surface area contributed by atoms with Gasteiger partial charge in [0, 0.05) is 12.6 Å². The van der Waals surface area contributed by atoms with Gasteiger partial charge in [0.15, 0.2) is 11.5 Å². The van der Waals surface area contributed by atoms with E-state index >= 15 is 0 Å². The van der Waals surface area contributed by atoms with Crippen molar-refractivity contribution < 1.29 is 23.5 Å². The van der Waals surface area contributed by atoms with Gasteiger partial charge in [0.25, 0.3) is 0 Å². The molecule has 2 aliphatic rings. The number of benzene rings is 2. The summed E-state index contributed by atoms with van der Waals surface area (Å²) in [4.78, 5) is 30.0. The number of fused-ring (bicyclic) bond motifs is 1. The lowest BCUT2D eigenvalue weighted by atomic mass is 10.1. The molecule has 1 aromatic heterocycles. The Morgan fingerprint density at radius 1 is 0.848 bits per heavy atom. The third-order valence-corrected chi connectivity index (χ3v) is 5.90. The fraction of sp³-hybridized carbons (Fsp3) is 0.308. The molecule has 170 valence electrons. The lowest BCUT2D eigenvalue weighted by Gasteiger charge is -2.27. The molecule has 0 saturated heterocycles. The smallest absolute Gasteiger partial charge is 0.242 e. The Bertz CT molecular complexity index is 1110. The number of hydrogen-bond acceptors (Lipinski definition) is 5. The zero-order valence-corrected chi connectivity index (χ0v) is 18.3. The molecule has 2 heterocycles. The molecule has 1 aliphatic heterocycles. The molecule has 1 fully saturated rings. The lowest BCUT2D eigenvalue weighted by molar-refractivity contribution is -0.141. The van der Waals surface area contributed by atoms with Crippen molar-refractivity contribution in [2.24, 2.45) is 0 Å². The van der Waals surface area contributed by atoms with E-state index in [1.54, 1.807) is 22.1 Å². The average molecular weight is 447 g/mol. The highest BCUT2D eigenvalue weighted by Gasteiger charge is 2.34. The summed E-state index contributed by atoms with van der Waals surface area (Å²) in [7, 11) is 0. The number of ether oxygens (including phenoxy) is 2. The van der Waals surface area contributed by atoms with Crippen molar-refractivity contribution in [2.45, 2.75) is 38.4 Å². The van der Waals surface area contributed by atoms with Crippen LogP contribution in [0.4, 0.5) is 0 Å². The van der Waals surface area contributed by atoms with Gasteiger partial charge in [-0.05, 0) is 48.2 Å². The summed E-state index contributed by atoms with van der Waals surface area (Å²) < 4.78 is 16.4. The molecule has 1 aliphatic carbocycles. The van der Waals surface area contributed by atoms with Crippen LogP contribution in [0.2, 0.25) is 0 Å². The summed E-state index contributed by atoms with van der Waals surface area (Å²) in [6.07, 6.45) is 3.77. The summed E-state index contributed by atoms with van der Waals surface area (Å²) in [5.41, 5.74) is 1.88. The van der Waals surface area contributed by atoms with Gasteiger partial charge in [0.05, 0.1) is 19.2 Å². The largest absolute Gasteiger partial charge is 0.467 e. The van der Waals surface area contributed by atoms with Crippen LogP contribution in [0.1, 0.15) is 29.7 Å². The molecule has 0 spiro atoms. The van der Waals surface area contributed by atoms with E-state index in [1.165, 1.54) is 0 Å². The molecular formula is C26H26N2O5. The Morgan fingerprint density at radius 2 is 1.67 bits per heavy atom. The van der Waals surface area contributed by atoms with Crippen molar-refractivity contribution in [3.63, 3.8) is 0 Å². The number of furan rings is 1. The molecule has 0 unspecified atom stereocenters. The first-order valence-corrected chi connectivity index (χ1v) is 11.2. The van der Waals surface area contributed by atoms with Crippen LogP contribution in [0, 0.1) is 0 Å². The van der Waals surface area contributed by atoms with Crippen LogP contribution in [-0.4, -0.2) is 41.0 Å². The van der Waals surface area contributed by atoms with Crippen LogP contribution in [0.25, 0.3) is 0 Å². The van der Waals surface area contributed by atoms with Crippen LogP contribution in [0.3, 0.4) is 0 Å². The minimum absolute atomic E-state index is 0.0157. The highest BCUT2D eigenvalue weighted by molar-refractivity contribution is 5.86. The SMILES string of the molecule is O=C(CN(C(=O)Cc1ccccc1)C1CC1)N(Cc1ccc2c(c1)OCO2)Cc1ccco1. The first-order valence-electron chi connectivity index (χ1n) is 11.2. The molecule has 0 atom stereocenters. The molecule has 2 amide bonds. The van der Waals surface area contributed by atoms with E-state index in [0.717, 1.165) is 24.0 Å². The molecule has 33 heavy (non-hydrogen) atoms. The maximum atomic E-state index is 13.4. The monoisotopic (exact) mass is 446 g/mol. The van der Waals surface area contributed by atoms with E-state index in [0.29, 0.717) is 36.8 Å². The maximum absolute atomic E-state index is 13.4. The number of hydrogen-bond donors (Lipinski definition) is 0. The van der Waals surface area contributed by atoms with Gasteiger partial charge < -0.3 is 23.7 Å². The van der Waals surface area contributed by atoms with E-state index in [1.807, 2.05) is 54.6 Å². The number of carbonyl (C=O) groups excluding carboxylic acids is 2. The van der Waals surface area contributed by atoms with Crippen molar-refractivity contribution in [2.75, 3.05) is 13.3 Å². The van der Waals surface area contributed by atoms with Crippen molar-refractivity contribution in [1.29, 1.82) is 0 Å². The molecule has 1 saturated carbocycles. The molecule has 0 N–H and O–H groups in total. The topological polar surface area (TPSA) is 72.2 Å². The maximum Gasteiger partial charge on any atom is 0.242 e. The zero-order chi connectivity index (χ0) is 22.6. The normalized spacial score (nSPS) is 14.2. The number of rotatable bonds is 9. The molecule has 7 heteroatoms. The van der Waals surface area contributed by atoms with Gasteiger partial charge in [-0.1, -0.05) is 36.4 Å². The third-order valence-electron chi connectivity index (χ3n) is 5.90. The summed E-state index contributed by atoms with van der Waals surface area (Å²) in [5.74, 6) is 1.94. The lowest BCUT2D eigenvalue weighted by Crippen LogP contribution is -2.44. The van der Waals surface area contributed by atoms with Crippen molar-refractivity contribution in [1.82, 2.24) is 9.80 Å². The van der Waals surface area contributed by atoms with E-state index < -0.39 is 0 Å². The quantitative estimate of drug-likeness (QED) is 0.500. The van der Waals surface area contributed by atoms with Crippen molar-refractivity contribution in [3.8, 4) is 11.5 Å². The number of nitrogens with zero attached hydrogens (tertiary/aromatic N) is 2. The van der Waals surface area contributed by atoms with Crippen LogP contribution in [0.15, 0.2) is 71.3 Å². The van der Waals surface area contributed by atoms with Gasteiger partial charge in [0.1, 0.15) is 12.3 Å². The predicted octanol–water partition coefficient (Wildman–Crippen LogP) is 3.77. The van der Waals surface area contributed by atoms with E-state index in [9.17, 15) is 9.59 Å². The standard InChI is InChI=1S/C26H26N2O5/c29-25(14-19-5-2-1-3-6-19)28(21-9-10-21)17-26(30)27(16-22-7-4-12-31-22)15-20-8-11-23-24(13-20)33-18-32-23/h1-8,11-13,21H,9-10,14-18H2. The van der Waals surface area contributed by atoms with Gasteiger partial charge in [-0.2, -0.15) is 0 Å². The number of amides is 2. The fourth-order valence-corrected chi connectivity index (χ4v) is 4.01. The predicted molar refractivity (Wildman–Crippen MR) is 120 cm³/mol. The van der Waals surface area contributed by atoms with Crippen LogP contribution in [-0.2, 0) is 29.1 Å². The Labute approximate surface area is 192 Å². The Hall–Kier alpha value is -3.74. The molecule has 0 bridgehead atoms. The van der Waals surface area contributed by atoms with E-state index in [4.69, 9.17) is 13.9 Å². The van der Waals surface area contributed by atoms with E-state index in [2.05, 4.69) is 0 Å². The second-order valence-electron chi connectivity index (χ2n) is 8.43. The molecule has 0 radical (unpaired) electrons. The third kappa shape index (κ3) is 5.19.